The van der Waals surface area contributed by atoms with Crippen LogP contribution in [0.1, 0.15) is 18.1 Å². The number of aromatic nitrogens is 4. The lowest BCUT2D eigenvalue weighted by molar-refractivity contribution is -0.385. The first kappa shape index (κ1) is 31.4. The summed E-state index contributed by atoms with van der Waals surface area (Å²) in [5.41, 5.74) is 0.850. The van der Waals surface area contributed by atoms with Gasteiger partial charge in [-0.15, -0.1) is 16.9 Å². The van der Waals surface area contributed by atoms with Crippen molar-refractivity contribution in [2.45, 2.75) is 36.8 Å². The van der Waals surface area contributed by atoms with Crippen LogP contribution in [-0.2, 0) is 44.1 Å². The minimum Gasteiger partial charge on any atom is -0.456 e. The van der Waals surface area contributed by atoms with E-state index in [4.69, 9.17) is 14.2 Å². The number of thioether (sulfide) groups is 2. The molecule has 0 bridgehead atoms. The number of carbonyl (C=O) groups excluding carboxylic acids is 3. The number of nitrogens with zero attached hydrogens (tertiary/aromatic N) is 7. The van der Waals surface area contributed by atoms with Crippen LogP contribution in [0.3, 0.4) is 0 Å². The van der Waals surface area contributed by atoms with Crippen LogP contribution in [0.2, 0.25) is 0 Å². The first-order valence-corrected chi connectivity index (χ1v) is 14.9. The number of tetrazole rings is 1. The SMILES string of the molecule is C[C@@H](OC(=O)OCc1ccc([N+](=O)[O-])cc1)[C@H]1C(=O)N2C(C(=O)OCc3ccc([N+](=O)[O-])cc3)=C(CSc3nnnn3C)S[C@H]12. The van der Waals surface area contributed by atoms with Gasteiger partial charge in [0.2, 0.25) is 11.1 Å². The van der Waals surface area contributed by atoms with Crippen LogP contribution in [0.5, 0.6) is 0 Å². The molecule has 1 amide bonds. The molecule has 3 atom stereocenters. The molecule has 234 valence electrons. The fourth-order valence-electron chi connectivity index (χ4n) is 4.45. The van der Waals surface area contributed by atoms with Crippen LogP contribution in [0.15, 0.2) is 64.3 Å². The van der Waals surface area contributed by atoms with Crippen molar-refractivity contribution in [3.8, 4) is 0 Å². The highest BCUT2D eigenvalue weighted by molar-refractivity contribution is 8.06. The smallest absolute Gasteiger partial charge is 0.456 e. The molecule has 2 aromatic carbocycles. The first-order valence-electron chi connectivity index (χ1n) is 13.1. The minimum absolute atomic E-state index is 0.0451. The van der Waals surface area contributed by atoms with Crippen molar-refractivity contribution in [3.05, 3.63) is 90.5 Å². The molecule has 19 heteroatoms. The Morgan fingerprint density at radius 3 is 2.11 bits per heavy atom. The molecule has 2 aliphatic rings. The highest BCUT2D eigenvalue weighted by Gasteiger charge is 2.59. The largest absolute Gasteiger partial charge is 0.508 e. The van der Waals surface area contributed by atoms with Gasteiger partial charge in [-0.25, -0.2) is 14.3 Å². The zero-order valence-electron chi connectivity index (χ0n) is 23.5. The predicted molar refractivity (Wildman–Crippen MR) is 155 cm³/mol. The van der Waals surface area contributed by atoms with E-state index in [1.54, 1.807) is 7.05 Å². The second-order valence-corrected chi connectivity index (χ2v) is 11.8. The van der Waals surface area contributed by atoms with E-state index in [0.29, 0.717) is 21.2 Å². The second kappa shape index (κ2) is 13.3. The third kappa shape index (κ3) is 6.88. The van der Waals surface area contributed by atoms with Gasteiger partial charge < -0.3 is 14.2 Å². The summed E-state index contributed by atoms with van der Waals surface area (Å²) in [6, 6.07) is 11.0. The molecule has 1 aromatic heterocycles. The van der Waals surface area contributed by atoms with Crippen LogP contribution in [-0.4, -0.2) is 70.2 Å². The summed E-state index contributed by atoms with van der Waals surface area (Å²) in [5.74, 6) is -1.78. The molecule has 3 aromatic rings. The van der Waals surface area contributed by atoms with Gasteiger partial charge in [0.25, 0.3) is 11.4 Å². The summed E-state index contributed by atoms with van der Waals surface area (Å²) in [5, 5.41) is 33.0. The van der Waals surface area contributed by atoms with Crippen molar-refractivity contribution in [2.24, 2.45) is 13.0 Å². The zero-order chi connectivity index (χ0) is 32.2. The molecule has 0 radical (unpaired) electrons. The maximum atomic E-state index is 13.3. The zero-order valence-corrected chi connectivity index (χ0v) is 25.1. The maximum absolute atomic E-state index is 13.3. The molecule has 0 unspecified atom stereocenters. The van der Waals surface area contributed by atoms with Crippen LogP contribution >= 0.6 is 23.5 Å². The van der Waals surface area contributed by atoms with Crippen LogP contribution < -0.4 is 0 Å². The Hall–Kier alpha value is -5.04. The molecule has 5 rings (SSSR count). The number of nitro benzene ring substituents is 2. The van der Waals surface area contributed by atoms with E-state index in [0.717, 1.165) is 0 Å². The molecule has 1 saturated heterocycles. The molecule has 0 spiro atoms. The quantitative estimate of drug-likeness (QED) is 0.0898. The second-order valence-electron chi connectivity index (χ2n) is 9.67. The molecule has 0 N–H and O–H groups in total. The Bertz CT molecular complexity index is 1680. The van der Waals surface area contributed by atoms with Crippen LogP contribution in [0.25, 0.3) is 0 Å². The molecule has 0 aliphatic carbocycles. The number of hydrogen-bond acceptors (Lipinski definition) is 15. The molecule has 3 heterocycles. The average molecular weight is 658 g/mol. The number of β-lactam (4-membered cyclic amide) rings is 1. The van der Waals surface area contributed by atoms with Gasteiger partial charge in [0, 0.05) is 42.0 Å². The van der Waals surface area contributed by atoms with E-state index in [1.807, 2.05) is 0 Å². The molecule has 45 heavy (non-hydrogen) atoms. The number of aryl methyl sites for hydroxylation is 1. The highest BCUT2D eigenvalue weighted by Crippen LogP contribution is 2.52. The van der Waals surface area contributed by atoms with Crippen LogP contribution in [0.4, 0.5) is 16.2 Å². The summed E-state index contributed by atoms with van der Waals surface area (Å²) < 4.78 is 17.4. The van der Waals surface area contributed by atoms with E-state index in [1.165, 1.54) is 88.6 Å². The van der Waals surface area contributed by atoms with E-state index in [9.17, 15) is 34.6 Å². The van der Waals surface area contributed by atoms with E-state index >= 15 is 0 Å². The molecular formula is C26H23N7O10S2. The summed E-state index contributed by atoms with van der Waals surface area (Å²) >= 11 is 2.50. The molecule has 0 saturated carbocycles. The maximum Gasteiger partial charge on any atom is 0.508 e. The van der Waals surface area contributed by atoms with Gasteiger partial charge in [0.05, 0.1) is 9.85 Å². The molecule has 2 aliphatic heterocycles. The van der Waals surface area contributed by atoms with Crippen molar-refractivity contribution < 1.29 is 38.4 Å². The lowest BCUT2D eigenvalue weighted by atomic mass is 9.92. The molecule has 17 nitrogen and oxygen atoms in total. The van der Waals surface area contributed by atoms with E-state index < -0.39 is 45.3 Å². The van der Waals surface area contributed by atoms with E-state index in [2.05, 4.69) is 15.5 Å². The number of rotatable bonds is 12. The van der Waals surface area contributed by atoms with Gasteiger partial charge in [-0.3, -0.25) is 29.9 Å². The Kier molecular flexibility index (Phi) is 9.28. The van der Waals surface area contributed by atoms with Gasteiger partial charge in [0.1, 0.15) is 36.3 Å². The Labute approximate surface area is 262 Å². The van der Waals surface area contributed by atoms with Crippen molar-refractivity contribution >= 4 is 52.9 Å². The summed E-state index contributed by atoms with van der Waals surface area (Å²) in [4.78, 5) is 61.5. The molecule has 1 fully saturated rings. The summed E-state index contributed by atoms with van der Waals surface area (Å²) in [7, 11) is 1.66. The van der Waals surface area contributed by atoms with Crippen molar-refractivity contribution in [1.29, 1.82) is 0 Å². The molecular weight excluding hydrogens is 634 g/mol. The monoisotopic (exact) mass is 657 g/mol. The predicted octanol–water partition coefficient (Wildman–Crippen LogP) is 3.35. The van der Waals surface area contributed by atoms with Crippen molar-refractivity contribution in [3.63, 3.8) is 0 Å². The van der Waals surface area contributed by atoms with Crippen LogP contribution in [0, 0.1) is 26.1 Å². The number of amides is 1. The number of fused-ring (bicyclic) bond motifs is 1. The number of non-ortho nitro benzene ring substituents is 2. The Morgan fingerprint density at radius 1 is 1.00 bits per heavy atom. The third-order valence-electron chi connectivity index (χ3n) is 6.77. The van der Waals surface area contributed by atoms with Gasteiger partial charge in [0.15, 0.2) is 0 Å². The number of hydrogen-bond donors (Lipinski definition) is 0. The minimum atomic E-state index is -1.03. The van der Waals surface area contributed by atoms with Crippen molar-refractivity contribution in [2.75, 3.05) is 5.75 Å². The van der Waals surface area contributed by atoms with E-state index in [-0.39, 0.29) is 36.0 Å². The number of esters is 1. The Morgan fingerprint density at radius 2 is 1.58 bits per heavy atom. The number of nitro groups is 2. The topological polar surface area (TPSA) is 212 Å². The highest BCUT2D eigenvalue weighted by atomic mass is 32.2. The lowest BCUT2D eigenvalue weighted by Gasteiger charge is -2.44. The number of benzene rings is 2. The summed E-state index contributed by atoms with van der Waals surface area (Å²) in [6.07, 6.45) is -1.95. The summed E-state index contributed by atoms with van der Waals surface area (Å²) in [6.45, 7) is 1.16. The third-order valence-corrected chi connectivity index (χ3v) is 9.36. The number of carbonyl (C=O) groups is 3. The van der Waals surface area contributed by atoms with Gasteiger partial charge >= 0.3 is 12.1 Å². The first-order chi connectivity index (χ1) is 21.5. The Balaban J connectivity index is 1.23. The fourth-order valence-corrected chi connectivity index (χ4v) is 7.00. The normalized spacial score (nSPS) is 17.7. The van der Waals surface area contributed by atoms with Crippen molar-refractivity contribution in [1.82, 2.24) is 25.1 Å². The lowest BCUT2D eigenvalue weighted by Crippen LogP contribution is -2.61. The standard InChI is InChI=1S/C26H23N7O10S2/c1-14(43-26(36)42-12-16-5-9-18(10-6-16)33(39)40)20-22(34)31-21(19(45-23(20)31)13-44-25-27-28-29-30(25)2)24(35)41-11-15-3-7-17(8-4-15)32(37)38/h3-10,14,20,23H,11-13H2,1-2H3/t14-,20+,23-/m1/s1. The van der Waals surface area contributed by atoms with Gasteiger partial charge in [-0.05, 0) is 52.7 Å². The van der Waals surface area contributed by atoms with Gasteiger partial charge in [-0.2, -0.15) is 0 Å². The number of ether oxygens (including phenoxy) is 3. The average Bonchev–Trinajstić information content (AvgIpc) is 3.58. The van der Waals surface area contributed by atoms with Gasteiger partial charge in [-0.1, -0.05) is 11.8 Å². The fraction of sp³-hybridized carbons (Fsp3) is 0.308.